The van der Waals surface area contributed by atoms with E-state index < -0.39 is 0 Å². The number of rotatable bonds is 6. The topological polar surface area (TPSA) is 29.5 Å². The molecular formula is C15H23NO2. The Morgan fingerprint density at radius 2 is 2.00 bits per heavy atom. The van der Waals surface area contributed by atoms with Crippen LogP contribution >= 0.6 is 0 Å². The number of ketones is 1. The maximum absolute atomic E-state index is 11.0. The Labute approximate surface area is 110 Å². The Morgan fingerprint density at radius 1 is 1.33 bits per heavy atom. The smallest absolute Gasteiger partial charge is 0.143 e. The third-order valence-corrected chi connectivity index (χ3v) is 2.96. The minimum Gasteiger partial charge on any atom is -0.496 e. The van der Waals surface area contributed by atoms with Gasteiger partial charge in [-0.15, -0.1) is 0 Å². The zero-order valence-corrected chi connectivity index (χ0v) is 12.0. The van der Waals surface area contributed by atoms with Gasteiger partial charge in [0.2, 0.25) is 0 Å². The Hall–Kier alpha value is -1.35. The zero-order chi connectivity index (χ0) is 13.7. The first-order valence-electron chi connectivity index (χ1n) is 6.26. The molecule has 3 nitrogen and oxygen atoms in total. The molecule has 0 aromatic heterocycles. The standard InChI is InChI=1S/C15H23NO2/c1-11-8-12(2)15(18-5)14(9-11)6-7-16(4)10-13(3)17/h8-9H,6-7,10H2,1-5H3. The monoisotopic (exact) mass is 249 g/mol. The molecule has 0 amide bonds. The van der Waals surface area contributed by atoms with Gasteiger partial charge in [0.05, 0.1) is 13.7 Å². The van der Waals surface area contributed by atoms with Crippen LogP contribution in [0.25, 0.3) is 0 Å². The van der Waals surface area contributed by atoms with E-state index in [1.807, 2.05) is 11.9 Å². The first kappa shape index (κ1) is 14.7. The molecule has 1 rings (SSSR count). The molecule has 0 aliphatic carbocycles. The minimum atomic E-state index is 0.199. The SMILES string of the molecule is COc1c(C)cc(C)cc1CCN(C)CC(C)=O. The second kappa shape index (κ2) is 6.55. The van der Waals surface area contributed by atoms with Crippen molar-refractivity contribution >= 4 is 5.78 Å². The Kier molecular flexibility index (Phi) is 5.35. The molecule has 0 aliphatic rings. The van der Waals surface area contributed by atoms with Crippen LogP contribution in [0.1, 0.15) is 23.6 Å². The molecule has 0 radical (unpaired) electrons. The van der Waals surface area contributed by atoms with Gasteiger partial charge in [-0.25, -0.2) is 0 Å². The number of Topliss-reactive ketones (excluding diaryl/α,β-unsaturated/α-hetero) is 1. The van der Waals surface area contributed by atoms with Gasteiger partial charge in [0.15, 0.2) is 0 Å². The quantitative estimate of drug-likeness (QED) is 0.775. The molecule has 0 spiro atoms. The van der Waals surface area contributed by atoms with Crippen molar-refractivity contribution in [2.45, 2.75) is 27.2 Å². The molecular weight excluding hydrogens is 226 g/mol. The summed E-state index contributed by atoms with van der Waals surface area (Å²) < 4.78 is 5.46. The third-order valence-electron chi connectivity index (χ3n) is 2.96. The van der Waals surface area contributed by atoms with Crippen LogP contribution in [-0.4, -0.2) is 37.9 Å². The van der Waals surface area contributed by atoms with Crippen molar-refractivity contribution in [1.29, 1.82) is 0 Å². The van der Waals surface area contributed by atoms with Crippen molar-refractivity contribution in [2.24, 2.45) is 0 Å². The highest BCUT2D eigenvalue weighted by molar-refractivity contribution is 5.77. The van der Waals surface area contributed by atoms with E-state index in [1.165, 1.54) is 16.7 Å². The van der Waals surface area contributed by atoms with Gasteiger partial charge in [-0.1, -0.05) is 17.7 Å². The van der Waals surface area contributed by atoms with Gasteiger partial charge in [0.25, 0.3) is 0 Å². The second-order valence-corrected chi connectivity index (χ2v) is 4.96. The van der Waals surface area contributed by atoms with Crippen molar-refractivity contribution in [3.8, 4) is 5.75 Å². The van der Waals surface area contributed by atoms with Crippen molar-refractivity contribution in [3.05, 3.63) is 28.8 Å². The number of benzene rings is 1. The summed E-state index contributed by atoms with van der Waals surface area (Å²) in [6, 6.07) is 4.29. The van der Waals surface area contributed by atoms with E-state index >= 15 is 0 Å². The molecule has 3 heteroatoms. The molecule has 0 aliphatic heterocycles. The predicted octanol–water partition coefficient (Wildman–Crippen LogP) is 2.38. The molecule has 0 saturated carbocycles. The molecule has 0 N–H and O–H groups in total. The maximum Gasteiger partial charge on any atom is 0.143 e. The van der Waals surface area contributed by atoms with Crippen molar-refractivity contribution in [3.63, 3.8) is 0 Å². The molecule has 1 aromatic rings. The van der Waals surface area contributed by atoms with Crippen LogP contribution in [0.4, 0.5) is 0 Å². The molecule has 0 fully saturated rings. The van der Waals surface area contributed by atoms with Gasteiger partial charge in [0, 0.05) is 6.54 Å². The number of carbonyl (C=O) groups is 1. The van der Waals surface area contributed by atoms with E-state index in [9.17, 15) is 4.79 Å². The highest BCUT2D eigenvalue weighted by Crippen LogP contribution is 2.25. The summed E-state index contributed by atoms with van der Waals surface area (Å²) in [5, 5.41) is 0. The summed E-state index contributed by atoms with van der Waals surface area (Å²) in [5.74, 6) is 1.17. The second-order valence-electron chi connectivity index (χ2n) is 4.96. The molecule has 1 aromatic carbocycles. The molecule has 0 bridgehead atoms. The molecule has 100 valence electrons. The fourth-order valence-corrected chi connectivity index (χ4v) is 2.29. The Bertz CT molecular complexity index is 427. The van der Waals surface area contributed by atoms with Gasteiger partial charge < -0.3 is 4.74 Å². The molecule has 0 heterocycles. The van der Waals surface area contributed by atoms with Crippen LogP contribution in [0.2, 0.25) is 0 Å². The van der Waals surface area contributed by atoms with Crippen molar-refractivity contribution < 1.29 is 9.53 Å². The van der Waals surface area contributed by atoms with Crippen LogP contribution in [0, 0.1) is 13.8 Å². The van der Waals surface area contributed by atoms with E-state index in [2.05, 4.69) is 26.0 Å². The van der Waals surface area contributed by atoms with Gasteiger partial charge >= 0.3 is 0 Å². The number of nitrogens with zero attached hydrogens (tertiary/aromatic N) is 1. The highest BCUT2D eigenvalue weighted by atomic mass is 16.5. The van der Waals surface area contributed by atoms with Crippen molar-refractivity contribution in [2.75, 3.05) is 27.2 Å². The number of carbonyl (C=O) groups excluding carboxylic acids is 1. The van der Waals surface area contributed by atoms with E-state index in [4.69, 9.17) is 4.74 Å². The fraction of sp³-hybridized carbons (Fsp3) is 0.533. The van der Waals surface area contributed by atoms with E-state index in [0.717, 1.165) is 18.7 Å². The van der Waals surface area contributed by atoms with Gasteiger partial charge in [-0.3, -0.25) is 9.69 Å². The van der Waals surface area contributed by atoms with Crippen LogP contribution in [0.5, 0.6) is 5.75 Å². The average molecular weight is 249 g/mol. The number of methoxy groups -OCH3 is 1. The highest BCUT2D eigenvalue weighted by Gasteiger charge is 2.09. The lowest BCUT2D eigenvalue weighted by Crippen LogP contribution is -2.26. The van der Waals surface area contributed by atoms with E-state index in [-0.39, 0.29) is 5.78 Å². The first-order chi connectivity index (χ1) is 8.43. The summed E-state index contributed by atoms with van der Waals surface area (Å²) >= 11 is 0. The lowest BCUT2D eigenvalue weighted by Gasteiger charge is -2.17. The van der Waals surface area contributed by atoms with Gasteiger partial charge in [-0.05, 0) is 45.4 Å². The van der Waals surface area contributed by atoms with Crippen LogP contribution in [0.3, 0.4) is 0 Å². The molecule has 0 unspecified atom stereocenters. The van der Waals surface area contributed by atoms with Crippen molar-refractivity contribution in [1.82, 2.24) is 4.90 Å². The molecule has 18 heavy (non-hydrogen) atoms. The molecule has 0 saturated heterocycles. The summed E-state index contributed by atoms with van der Waals surface area (Å²) in [6.07, 6.45) is 0.898. The Morgan fingerprint density at radius 3 is 2.56 bits per heavy atom. The first-order valence-corrected chi connectivity index (χ1v) is 6.26. The number of likely N-dealkylation sites (N-methyl/N-ethyl adjacent to an activating group) is 1. The number of ether oxygens (including phenoxy) is 1. The third kappa shape index (κ3) is 4.15. The van der Waals surface area contributed by atoms with Crippen LogP contribution in [-0.2, 0) is 11.2 Å². The minimum absolute atomic E-state index is 0.199. The summed E-state index contributed by atoms with van der Waals surface area (Å²) in [6.45, 7) is 7.14. The van der Waals surface area contributed by atoms with Gasteiger partial charge in [-0.2, -0.15) is 0 Å². The summed E-state index contributed by atoms with van der Waals surface area (Å²) in [4.78, 5) is 13.1. The predicted molar refractivity (Wildman–Crippen MR) is 74.4 cm³/mol. The summed E-state index contributed by atoms with van der Waals surface area (Å²) in [7, 11) is 3.68. The average Bonchev–Trinajstić information content (AvgIpc) is 2.24. The van der Waals surface area contributed by atoms with Crippen LogP contribution < -0.4 is 4.74 Å². The lowest BCUT2D eigenvalue weighted by atomic mass is 10.0. The number of aryl methyl sites for hydroxylation is 2. The fourth-order valence-electron chi connectivity index (χ4n) is 2.29. The largest absolute Gasteiger partial charge is 0.496 e. The van der Waals surface area contributed by atoms with Gasteiger partial charge in [0.1, 0.15) is 11.5 Å². The number of hydrogen-bond donors (Lipinski definition) is 0. The zero-order valence-electron chi connectivity index (χ0n) is 12.0. The van der Waals surface area contributed by atoms with E-state index in [0.29, 0.717) is 6.54 Å². The molecule has 0 atom stereocenters. The Balaban J connectivity index is 2.75. The number of hydrogen-bond acceptors (Lipinski definition) is 3. The normalized spacial score (nSPS) is 10.8. The summed E-state index contributed by atoms with van der Waals surface area (Å²) in [5.41, 5.74) is 3.63. The van der Waals surface area contributed by atoms with Crippen LogP contribution in [0.15, 0.2) is 12.1 Å². The van der Waals surface area contributed by atoms with E-state index in [1.54, 1.807) is 14.0 Å². The lowest BCUT2D eigenvalue weighted by molar-refractivity contribution is -0.117. The maximum atomic E-state index is 11.0.